The van der Waals surface area contributed by atoms with Crippen molar-refractivity contribution in [3.63, 3.8) is 0 Å². The van der Waals surface area contributed by atoms with Gasteiger partial charge in [0.15, 0.2) is 0 Å². The highest BCUT2D eigenvalue weighted by molar-refractivity contribution is 9.10. The van der Waals surface area contributed by atoms with E-state index >= 15 is 0 Å². The Kier molecular flexibility index (Phi) is 4.23. The number of hydrogen-bond donors (Lipinski definition) is 1. The zero-order chi connectivity index (χ0) is 9.84. The maximum Gasteiger partial charge on any atom is 0.0420 e. The van der Waals surface area contributed by atoms with Crippen molar-refractivity contribution in [1.29, 1.82) is 0 Å². The van der Waals surface area contributed by atoms with Gasteiger partial charge in [0.05, 0.1) is 0 Å². The fourth-order valence-corrected chi connectivity index (χ4v) is 2.15. The monoisotopic (exact) mass is 261 g/mol. The fourth-order valence-electron chi connectivity index (χ4n) is 1.27. The molecular weight excluding hydrogens is 249 g/mol. The molecule has 0 fully saturated rings. The second-order valence-corrected chi connectivity index (χ2v) is 4.45. The average Bonchev–Trinajstić information content (AvgIpc) is 2.03. The Hall–Kier alpha value is -0.0500. The molecule has 0 aliphatic rings. The Balaban J connectivity index is 2.87. The quantitative estimate of drug-likeness (QED) is 0.878. The highest BCUT2D eigenvalue weighted by Gasteiger charge is 2.06. The van der Waals surface area contributed by atoms with E-state index in [9.17, 15) is 0 Å². The lowest BCUT2D eigenvalue weighted by molar-refractivity contribution is 0.638. The van der Waals surface area contributed by atoms with E-state index < -0.39 is 0 Å². The maximum absolute atomic E-state index is 5.96. The summed E-state index contributed by atoms with van der Waals surface area (Å²) >= 11 is 9.30. The van der Waals surface area contributed by atoms with Crippen LogP contribution in [0.2, 0.25) is 5.02 Å². The third-order valence-corrected chi connectivity index (χ3v) is 2.59. The molecule has 0 aliphatic heterocycles. The van der Waals surface area contributed by atoms with E-state index in [0.717, 1.165) is 27.9 Å². The lowest BCUT2D eigenvalue weighted by atomic mass is 10.0. The summed E-state index contributed by atoms with van der Waals surface area (Å²) in [6.07, 6.45) is 2.08. The molecule has 0 bridgehead atoms. The van der Waals surface area contributed by atoms with Crippen LogP contribution in [0, 0.1) is 0 Å². The van der Waals surface area contributed by atoms with Crippen LogP contribution in [0.15, 0.2) is 22.7 Å². The van der Waals surface area contributed by atoms with E-state index in [2.05, 4.69) is 22.9 Å². The Bertz CT molecular complexity index is 268. The summed E-state index contributed by atoms with van der Waals surface area (Å²) in [6.45, 7) is 2.12. The molecule has 1 aromatic rings. The fraction of sp³-hybridized carbons (Fsp3) is 0.400. The smallest absolute Gasteiger partial charge is 0.0420 e. The van der Waals surface area contributed by atoms with Crippen LogP contribution in [-0.2, 0) is 0 Å². The molecule has 1 nitrogen and oxygen atoms in total. The molecule has 13 heavy (non-hydrogen) atoms. The van der Waals surface area contributed by atoms with E-state index in [0.29, 0.717) is 0 Å². The predicted octanol–water partition coefficient (Wildman–Crippen LogP) is 3.90. The molecule has 0 aliphatic carbocycles. The van der Waals surface area contributed by atoms with Crippen LogP contribution in [0.25, 0.3) is 0 Å². The van der Waals surface area contributed by atoms with Crippen LogP contribution in [0.1, 0.15) is 31.4 Å². The summed E-state index contributed by atoms with van der Waals surface area (Å²) in [4.78, 5) is 0. The minimum Gasteiger partial charge on any atom is -0.324 e. The molecule has 0 radical (unpaired) electrons. The van der Waals surface area contributed by atoms with Gasteiger partial charge >= 0.3 is 0 Å². The van der Waals surface area contributed by atoms with Crippen molar-refractivity contribution in [2.75, 3.05) is 0 Å². The Morgan fingerprint density at radius 3 is 2.69 bits per heavy atom. The van der Waals surface area contributed by atoms with Gasteiger partial charge in [-0.15, -0.1) is 0 Å². The first-order valence-electron chi connectivity index (χ1n) is 4.35. The molecule has 2 N–H and O–H groups in total. The van der Waals surface area contributed by atoms with E-state index in [-0.39, 0.29) is 6.04 Å². The second kappa shape index (κ2) is 4.99. The number of nitrogens with two attached hydrogens (primary N) is 1. The summed E-state index contributed by atoms with van der Waals surface area (Å²) in [5, 5.41) is 0.732. The zero-order valence-corrected chi connectivity index (χ0v) is 9.90. The third-order valence-electron chi connectivity index (χ3n) is 1.91. The topological polar surface area (TPSA) is 26.0 Å². The predicted molar refractivity (Wildman–Crippen MR) is 61.0 cm³/mol. The minimum atomic E-state index is 0.0972. The lowest BCUT2D eigenvalue weighted by Crippen LogP contribution is -2.09. The molecule has 1 atom stereocenters. The van der Waals surface area contributed by atoms with Crippen molar-refractivity contribution in [3.05, 3.63) is 33.3 Å². The summed E-state index contributed by atoms with van der Waals surface area (Å²) in [5.74, 6) is 0. The number of halogens is 2. The lowest BCUT2D eigenvalue weighted by Gasteiger charge is -2.11. The van der Waals surface area contributed by atoms with Gasteiger partial charge in [-0.05, 0) is 30.2 Å². The van der Waals surface area contributed by atoms with Crippen molar-refractivity contribution in [2.24, 2.45) is 5.73 Å². The number of hydrogen-bond acceptors (Lipinski definition) is 1. The molecule has 0 spiro atoms. The van der Waals surface area contributed by atoms with Crippen LogP contribution >= 0.6 is 27.5 Å². The Morgan fingerprint density at radius 1 is 1.46 bits per heavy atom. The SMILES string of the molecule is CCCC(N)c1cc(Cl)cc(Br)c1. The highest BCUT2D eigenvalue weighted by Crippen LogP contribution is 2.24. The molecule has 1 rings (SSSR count). The molecule has 0 saturated carbocycles. The zero-order valence-electron chi connectivity index (χ0n) is 7.56. The molecule has 0 heterocycles. The van der Waals surface area contributed by atoms with Gasteiger partial charge in [0.2, 0.25) is 0 Å². The molecule has 0 saturated heterocycles. The van der Waals surface area contributed by atoms with Crippen LogP contribution in [0.5, 0.6) is 0 Å². The third kappa shape index (κ3) is 3.29. The average molecular weight is 263 g/mol. The first-order valence-corrected chi connectivity index (χ1v) is 5.52. The van der Waals surface area contributed by atoms with Crippen molar-refractivity contribution in [2.45, 2.75) is 25.8 Å². The molecule has 0 aromatic heterocycles. The van der Waals surface area contributed by atoms with E-state index in [1.165, 1.54) is 0 Å². The molecule has 1 unspecified atom stereocenters. The van der Waals surface area contributed by atoms with Crippen molar-refractivity contribution < 1.29 is 0 Å². The number of benzene rings is 1. The molecule has 72 valence electrons. The van der Waals surface area contributed by atoms with Gasteiger partial charge in [0.25, 0.3) is 0 Å². The highest BCUT2D eigenvalue weighted by atomic mass is 79.9. The van der Waals surface area contributed by atoms with E-state index in [1.807, 2.05) is 18.2 Å². The Morgan fingerprint density at radius 2 is 2.15 bits per heavy atom. The summed E-state index contributed by atoms with van der Waals surface area (Å²) in [6, 6.07) is 5.91. The molecule has 3 heteroatoms. The normalized spacial score (nSPS) is 12.9. The van der Waals surface area contributed by atoms with E-state index in [1.54, 1.807) is 0 Å². The second-order valence-electron chi connectivity index (χ2n) is 3.10. The van der Waals surface area contributed by atoms with Gasteiger partial charge in [-0.1, -0.05) is 40.9 Å². The number of rotatable bonds is 3. The summed E-state index contributed by atoms with van der Waals surface area (Å²) in [5.41, 5.74) is 7.06. The van der Waals surface area contributed by atoms with Crippen LogP contribution in [0.3, 0.4) is 0 Å². The van der Waals surface area contributed by atoms with Gasteiger partial charge < -0.3 is 5.73 Å². The van der Waals surface area contributed by atoms with Gasteiger partial charge in [-0.25, -0.2) is 0 Å². The van der Waals surface area contributed by atoms with Crippen LogP contribution in [0.4, 0.5) is 0 Å². The van der Waals surface area contributed by atoms with Crippen molar-refractivity contribution in [3.8, 4) is 0 Å². The van der Waals surface area contributed by atoms with Gasteiger partial charge in [0.1, 0.15) is 0 Å². The van der Waals surface area contributed by atoms with Gasteiger partial charge in [0, 0.05) is 15.5 Å². The minimum absolute atomic E-state index is 0.0972. The first kappa shape index (κ1) is 11.0. The van der Waals surface area contributed by atoms with Gasteiger partial charge in [-0.3, -0.25) is 0 Å². The molecule has 1 aromatic carbocycles. The summed E-state index contributed by atoms with van der Waals surface area (Å²) in [7, 11) is 0. The van der Waals surface area contributed by atoms with Gasteiger partial charge in [-0.2, -0.15) is 0 Å². The first-order chi connectivity index (χ1) is 6.13. The van der Waals surface area contributed by atoms with E-state index in [4.69, 9.17) is 17.3 Å². The molecule has 0 amide bonds. The standard InChI is InChI=1S/C10H13BrClN/c1-2-3-10(13)7-4-8(11)6-9(12)5-7/h4-6,10H,2-3,13H2,1H3. The van der Waals surface area contributed by atoms with Crippen molar-refractivity contribution >= 4 is 27.5 Å². The van der Waals surface area contributed by atoms with Crippen LogP contribution in [-0.4, -0.2) is 0 Å². The largest absolute Gasteiger partial charge is 0.324 e. The maximum atomic E-state index is 5.96. The molecular formula is C10H13BrClN. The van der Waals surface area contributed by atoms with Crippen LogP contribution < -0.4 is 5.73 Å². The summed E-state index contributed by atoms with van der Waals surface area (Å²) < 4.78 is 0.988. The van der Waals surface area contributed by atoms with Crippen molar-refractivity contribution in [1.82, 2.24) is 0 Å². The Labute approximate surface area is 92.4 Å².